The highest BCUT2D eigenvalue weighted by molar-refractivity contribution is 7.58. The van der Waals surface area contributed by atoms with E-state index in [-0.39, 0.29) is 0 Å². The molecule has 2 rings (SSSR count). The van der Waals surface area contributed by atoms with Crippen LogP contribution >= 0.6 is 7.37 Å². The Bertz CT molecular complexity index is 631. The Balaban J connectivity index is 1.91. The maximum atomic E-state index is 12.1. The maximum absolute atomic E-state index is 12.1. The molecule has 0 aliphatic rings. The quantitative estimate of drug-likeness (QED) is 0.686. The number of ether oxygens (including phenoxy) is 1. The Morgan fingerprint density at radius 3 is 2.64 bits per heavy atom. The van der Waals surface area contributed by atoms with Crippen molar-refractivity contribution in [2.45, 2.75) is 20.0 Å². The molecule has 2 aromatic rings. The van der Waals surface area contributed by atoms with E-state index < -0.39 is 7.37 Å². The molecule has 1 atom stereocenters. The van der Waals surface area contributed by atoms with Gasteiger partial charge in [0.15, 0.2) is 0 Å². The molecule has 0 saturated heterocycles. The van der Waals surface area contributed by atoms with Crippen molar-refractivity contribution in [3.8, 4) is 5.88 Å². The van der Waals surface area contributed by atoms with Crippen LogP contribution in [0.1, 0.15) is 18.1 Å². The highest BCUT2D eigenvalue weighted by Gasteiger charge is 2.14. The van der Waals surface area contributed by atoms with Gasteiger partial charge in [-0.2, -0.15) is 0 Å². The van der Waals surface area contributed by atoms with E-state index in [0.717, 1.165) is 11.1 Å². The summed E-state index contributed by atoms with van der Waals surface area (Å²) >= 11 is 0. The second kappa shape index (κ2) is 8.11. The fourth-order valence-electron chi connectivity index (χ4n) is 2.09. The SMILES string of the molecule is CCOP(C)(=O)CCc1ccnc(OCc2ccccc2)c1. The molecule has 118 valence electrons. The number of pyridine rings is 1. The third-order valence-electron chi connectivity index (χ3n) is 3.24. The number of hydrogen-bond donors (Lipinski definition) is 0. The van der Waals surface area contributed by atoms with Crippen LogP contribution in [0.3, 0.4) is 0 Å². The molecule has 0 amide bonds. The Morgan fingerprint density at radius 1 is 1.14 bits per heavy atom. The zero-order chi connectivity index (χ0) is 15.8. The second-order valence-electron chi connectivity index (χ2n) is 5.18. The maximum Gasteiger partial charge on any atom is 0.213 e. The molecule has 0 fully saturated rings. The lowest BCUT2D eigenvalue weighted by molar-refractivity contribution is 0.293. The van der Waals surface area contributed by atoms with Crippen LogP contribution in [0.4, 0.5) is 0 Å². The smallest absolute Gasteiger partial charge is 0.213 e. The van der Waals surface area contributed by atoms with Gasteiger partial charge in [0.25, 0.3) is 0 Å². The molecular formula is C17H22NO3P. The first kappa shape index (κ1) is 16.7. The molecule has 0 radical (unpaired) electrons. The highest BCUT2D eigenvalue weighted by atomic mass is 31.2. The molecule has 22 heavy (non-hydrogen) atoms. The van der Waals surface area contributed by atoms with Crippen molar-refractivity contribution in [2.75, 3.05) is 19.4 Å². The Hall–Kier alpha value is -1.64. The number of nitrogens with zero attached hydrogens (tertiary/aromatic N) is 1. The van der Waals surface area contributed by atoms with Crippen LogP contribution in [0.15, 0.2) is 48.7 Å². The minimum atomic E-state index is -2.50. The first-order chi connectivity index (χ1) is 10.6. The summed E-state index contributed by atoms with van der Waals surface area (Å²) < 4.78 is 23.1. The van der Waals surface area contributed by atoms with E-state index in [1.807, 2.05) is 49.4 Å². The van der Waals surface area contributed by atoms with Crippen molar-refractivity contribution in [3.05, 3.63) is 59.8 Å². The van der Waals surface area contributed by atoms with Crippen molar-refractivity contribution >= 4 is 7.37 Å². The number of hydrogen-bond acceptors (Lipinski definition) is 4. The number of aromatic nitrogens is 1. The molecule has 0 aliphatic carbocycles. The van der Waals surface area contributed by atoms with Gasteiger partial charge in [-0.3, -0.25) is 4.57 Å². The van der Waals surface area contributed by atoms with Crippen molar-refractivity contribution < 1.29 is 13.8 Å². The minimum absolute atomic E-state index is 0.482. The van der Waals surface area contributed by atoms with Crippen molar-refractivity contribution in [2.24, 2.45) is 0 Å². The van der Waals surface area contributed by atoms with E-state index in [9.17, 15) is 4.57 Å². The van der Waals surface area contributed by atoms with Gasteiger partial charge in [-0.15, -0.1) is 0 Å². The minimum Gasteiger partial charge on any atom is -0.473 e. The summed E-state index contributed by atoms with van der Waals surface area (Å²) in [6.07, 6.45) is 2.94. The predicted molar refractivity (Wildman–Crippen MR) is 88.7 cm³/mol. The summed E-state index contributed by atoms with van der Waals surface area (Å²) in [4.78, 5) is 4.21. The van der Waals surface area contributed by atoms with Crippen LogP contribution < -0.4 is 4.74 Å². The van der Waals surface area contributed by atoms with Crippen molar-refractivity contribution in [1.29, 1.82) is 0 Å². The molecule has 0 aliphatic heterocycles. The third kappa shape index (κ3) is 5.63. The standard InChI is InChI=1S/C17H22NO3P/c1-3-21-22(2,19)12-10-15-9-11-18-17(13-15)20-14-16-7-5-4-6-8-16/h4-9,11,13H,3,10,12,14H2,1-2H3. The molecular weight excluding hydrogens is 297 g/mol. The summed E-state index contributed by atoms with van der Waals surface area (Å²) in [5, 5.41) is 0. The van der Waals surface area contributed by atoms with Gasteiger partial charge < -0.3 is 9.26 Å². The van der Waals surface area contributed by atoms with Crippen LogP contribution in [-0.4, -0.2) is 24.4 Å². The van der Waals surface area contributed by atoms with Crippen LogP contribution in [0.2, 0.25) is 0 Å². The monoisotopic (exact) mass is 319 g/mol. The van der Waals surface area contributed by atoms with E-state index in [0.29, 0.717) is 31.7 Å². The summed E-state index contributed by atoms with van der Waals surface area (Å²) in [5.41, 5.74) is 2.16. The lowest BCUT2D eigenvalue weighted by atomic mass is 10.2. The normalized spacial score (nSPS) is 13.5. The molecule has 1 aromatic heterocycles. The average molecular weight is 319 g/mol. The molecule has 0 spiro atoms. The van der Waals surface area contributed by atoms with Gasteiger partial charge >= 0.3 is 0 Å². The fraction of sp³-hybridized carbons (Fsp3) is 0.353. The Labute approximate surface area is 132 Å². The van der Waals surface area contributed by atoms with Crippen LogP contribution in [0, 0.1) is 0 Å². The summed E-state index contributed by atoms with van der Waals surface area (Å²) in [5.74, 6) is 0.587. The van der Waals surface area contributed by atoms with E-state index >= 15 is 0 Å². The van der Waals surface area contributed by atoms with Gasteiger partial charge in [-0.05, 0) is 30.5 Å². The molecule has 4 nitrogen and oxygen atoms in total. The second-order valence-corrected chi connectivity index (χ2v) is 7.92. The predicted octanol–water partition coefficient (Wildman–Crippen LogP) is 4.15. The van der Waals surface area contributed by atoms with Crippen LogP contribution in [-0.2, 0) is 22.1 Å². The van der Waals surface area contributed by atoms with Crippen LogP contribution in [0.25, 0.3) is 0 Å². The van der Waals surface area contributed by atoms with Crippen LogP contribution in [0.5, 0.6) is 5.88 Å². The van der Waals surface area contributed by atoms with Gasteiger partial charge in [0, 0.05) is 25.1 Å². The van der Waals surface area contributed by atoms with E-state index in [1.165, 1.54) is 0 Å². The Kier molecular flexibility index (Phi) is 6.17. The molecule has 1 aromatic carbocycles. The number of aryl methyl sites for hydroxylation is 1. The van der Waals surface area contributed by atoms with Gasteiger partial charge in [-0.25, -0.2) is 4.98 Å². The number of benzene rings is 1. The van der Waals surface area contributed by atoms with Gasteiger partial charge in [-0.1, -0.05) is 30.3 Å². The molecule has 5 heteroatoms. The van der Waals surface area contributed by atoms with Gasteiger partial charge in [0.1, 0.15) is 6.61 Å². The highest BCUT2D eigenvalue weighted by Crippen LogP contribution is 2.42. The molecule has 0 saturated carbocycles. The summed E-state index contributed by atoms with van der Waals surface area (Å²) in [7, 11) is -2.50. The van der Waals surface area contributed by atoms with Gasteiger partial charge in [0.05, 0.1) is 6.61 Å². The zero-order valence-electron chi connectivity index (χ0n) is 13.1. The fourth-order valence-corrected chi connectivity index (χ4v) is 3.43. The van der Waals surface area contributed by atoms with E-state index in [1.54, 1.807) is 12.9 Å². The lowest BCUT2D eigenvalue weighted by Crippen LogP contribution is -2.00. The summed E-state index contributed by atoms with van der Waals surface area (Å²) in [6.45, 7) is 4.51. The Morgan fingerprint density at radius 2 is 1.91 bits per heavy atom. The van der Waals surface area contributed by atoms with E-state index in [4.69, 9.17) is 9.26 Å². The molecule has 1 heterocycles. The largest absolute Gasteiger partial charge is 0.473 e. The first-order valence-corrected chi connectivity index (χ1v) is 9.67. The number of rotatable bonds is 8. The van der Waals surface area contributed by atoms with Crippen molar-refractivity contribution in [3.63, 3.8) is 0 Å². The summed E-state index contributed by atoms with van der Waals surface area (Å²) in [6, 6.07) is 13.8. The topological polar surface area (TPSA) is 48.4 Å². The van der Waals surface area contributed by atoms with E-state index in [2.05, 4.69) is 4.98 Å². The molecule has 1 unspecified atom stereocenters. The molecule has 0 bridgehead atoms. The van der Waals surface area contributed by atoms with Gasteiger partial charge in [0.2, 0.25) is 13.2 Å². The average Bonchev–Trinajstić information content (AvgIpc) is 2.53. The zero-order valence-corrected chi connectivity index (χ0v) is 14.0. The lowest BCUT2D eigenvalue weighted by Gasteiger charge is -2.12. The first-order valence-electron chi connectivity index (χ1n) is 7.42. The van der Waals surface area contributed by atoms with Crippen molar-refractivity contribution in [1.82, 2.24) is 4.98 Å². The third-order valence-corrected chi connectivity index (χ3v) is 5.08. The molecule has 0 N–H and O–H groups in total.